The Kier molecular flexibility index (Phi) is 3.44. The summed E-state index contributed by atoms with van der Waals surface area (Å²) in [5, 5.41) is 0. The van der Waals surface area contributed by atoms with Crippen molar-refractivity contribution in [3.63, 3.8) is 0 Å². The normalized spacial score (nSPS) is 13.2. The third-order valence-corrected chi connectivity index (χ3v) is 1.69. The van der Waals surface area contributed by atoms with Gasteiger partial charge in [-0.25, -0.2) is 9.78 Å². The second-order valence-corrected chi connectivity index (χ2v) is 4.32. The molecule has 1 heterocycles. The zero-order valence-corrected chi connectivity index (χ0v) is 9.51. The zero-order valence-electron chi connectivity index (χ0n) is 9.51. The lowest BCUT2D eigenvalue weighted by atomic mass is 10.2. The van der Waals surface area contributed by atoms with Crippen molar-refractivity contribution in [1.82, 2.24) is 9.55 Å². The lowest BCUT2D eigenvalue weighted by molar-refractivity contribution is -0.155. The number of imidazole rings is 1. The summed E-state index contributed by atoms with van der Waals surface area (Å²) in [6.07, 6.45) is 4.14. The minimum Gasteiger partial charge on any atom is -0.458 e. The molecule has 0 amide bonds. The van der Waals surface area contributed by atoms with Crippen LogP contribution in [0.5, 0.6) is 0 Å². The Labute approximate surface area is 93.4 Å². The Morgan fingerprint density at radius 1 is 1.44 bits per heavy atom. The first-order valence-corrected chi connectivity index (χ1v) is 4.82. The van der Waals surface area contributed by atoms with Gasteiger partial charge in [-0.05, 0) is 20.8 Å². The maximum atomic E-state index is 11.6. The van der Waals surface area contributed by atoms with E-state index in [1.165, 1.54) is 18.7 Å². The van der Waals surface area contributed by atoms with Crippen molar-refractivity contribution in [1.29, 1.82) is 0 Å². The first-order valence-electron chi connectivity index (χ1n) is 4.82. The molecule has 0 spiro atoms. The Morgan fingerprint density at radius 3 is 2.50 bits per heavy atom. The molecule has 0 radical (unpaired) electrons. The fraction of sp³-hybridized carbons (Fsp3) is 0.500. The van der Waals surface area contributed by atoms with Gasteiger partial charge in [-0.15, -0.1) is 0 Å². The quantitative estimate of drug-likeness (QED) is 0.573. The average molecular weight is 225 g/mol. The number of nitrogens with zero attached hydrogens (tertiary/aromatic N) is 2. The molecule has 88 valence electrons. The highest BCUT2D eigenvalue weighted by Gasteiger charge is 2.28. The number of hydrogen-bond donors (Lipinski definition) is 1. The van der Waals surface area contributed by atoms with E-state index in [0.29, 0.717) is 0 Å². The molecule has 1 aromatic rings. The first-order chi connectivity index (χ1) is 7.31. The van der Waals surface area contributed by atoms with Crippen LogP contribution in [0.4, 0.5) is 0 Å². The van der Waals surface area contributed by atoms with E-state index < -0.39 is 23.5 Å². The number of carbonyl (C=O) groups excluding carboxylic acids is 2. The maximum absolute atomic E-state index is 11.6. The predicted molar refractivity (Wildman–Crippen MR) is 56.7 cm³/mol. The first kappa shape index (κ1) is 12.4. The number of rotatable bonds is 2. The summed E-state index contributed by atoms with van der Waals surface area (Å²) in [5.74, 6) is -1.31. The highest BCUT2D eigenvalue weighted by atomic mass is 16.6. The number of ether oxygens (including phenoxy) is 1. The highest BCUT2D eigenvalue weighted by Crippen LogP contribution is 2.08. The third kappa shape index (κ3) is 3.16. The molecule has 0 bridgehead atoms. The van der Waals surface area contributed by atoms with Gasteiger partial charge in [0.15, 0.2) is 6.04 Å². The van der Waals surface area contributed by atoms with E-state index in [1.54, 1.807) is 20.8 Å². The Balaban J connectivity index is 2.68. The van der Waals surface area contributed by atoms with Crippen LogP contribution in [0.2, 0.25) is 0 Å². The average Bonchev–Trinajstić information content (AvgIpc) is 2.65. The molecule has 0 saturated carbocycles. The molecule has 0 fully saturated rings. The zero-order chi connectivity index (χ0) is 12.3. The van der Waals surface area contributed by atoms with E-state index in [0.717, 1.165) is 4.57 Å². The van der Waals surface area contributed by atoms with Crippen LogP contribution in [0, 0.1) is 0 Å². The van der Waals surface area contributed by atoms with Crippen molar-refractivity contribution in [2.45, 2.75) is 32.4 Å². The van der Waals surface area contributed by atoms with Crippen LogP contribution in [0.1, 0.15) is 25.6 Å². The van der Waals surface area contributed by atoms with E-state index in [-0.39, 0.29) is 0 Å². The molecule has 0 aliphatic carbocycles. The standard InChI is InChI=1S/C10H15N3O3/c1-10(2,3)16-9(15)7(11)8(14)13-5-4-12-6-13/h4-7H,11H2,1-3H3. The molecule has 0 saturated heterocycles. The number of aromatic nitrogens is 2. The van der Waals surface area contributed by atoms with E-state index in [4.69, 9.17) is 10.5 Å². The topological polar surface area (TPSA) is 87.2 Å². The van der Waals surface area contributed by atoms with E-state index in [1.807, 2.05) is 0 Å². The fourth-order valence-corrected chi connectivity index (χ4v) is 1.02. The molecule has 6 nitrogen and oxygen atoms in total. The summed E-state index contributed by atoms with van der Waals surface area (Å²) in [6.45, 7) is 5.12. The maximum Gasteiger partial charge on any atom is 0.333 e. The summed E-state index contributed by atoms with van der Waals surface area (Å²) in [4.78, 5) is 26.8. The van der Waals surface area contributed by atoms with Crippen molar-refractivity contribution in [3.8, 4) is 0 Å². The largest absolute Gasteiger partial charge is 0.458 e. The lowest BCUT2D eigenvalue weighted by Gasteiger charge is -2.21. The van der Waals surface area contributed by atoms with Crippen LogP contribution in [0.15, 0.2) is 18.7 Å². The van der Waals surface area contributed by atoms with Crippen LogP contribution in [0.25, 0.3) is 0 Å². The predicted octanol–water partition coefficient (Wildman–Crippen LogP) is 0.192. The van der Waals surface area contributed by atoms with Crippen molar-refractivity contribution in [2.24, 2.45) is 5.73 Å². The monoisotopic (exact) mass is 225 g/mol. The van der Waals surface area contributed by atoms with Gasteiger partial charge < -0.3 is 10.5 Å². The molecular weight excluding hydrogens is 210 g/mol. The summed E-state index contributed by atoms with van der Waals surface area (Å²) < 4.78 is 6.15. The van der Waals surface area contributed by atoms with Crippen molar-refractivity contribution in [2.75, 3.05) is 0 Å². The molecule has 0 aliphatic heterocycles. The summed E-state index contributed by atoms with van der Waals surface area (Å²) in [6, 6.07) is -1.33. The van der Waals surface area contributed by atoms with E-state index in [9.17, 15) is 9.59 Å². The second-order valence-electron chi connectivity index (χ2n) is 4.32. The fourth-order valence-electron chi connectivity index (χ4n) is 1.02. The molecule has 1 aromatic heterocycles. The molecule has 0 aliphatic rings. The molecule has 2 N–H and O–H groups in total. The number of carbonyl (C=O) groups is 2. The Morgan fingerprint density at radius 2 is 2.06 bits per heavy atom. The lowest BCUT2D eigenvalue weighted by Crippen LogP contribution is -2.45. The van der Waals surface area contributed by atoms with Crippen molar-refractivity contribution >= 4 is 11.9 Å². The van der Waals surface area contributed by atoms with Crippen LogP contribution < -0.4 is 5.73 Å². The van der Waals surface area contributed by atoms with Crippen molar-refractivity contribution < 1.29 is 14.3 Å². The SMILES string of the molecule is CC(C)(C)OC(=O)C(N)C(=O)n1ccnc1. The van der Waals surface area contributed by atoms with Crippen molar-refractivity contribution in [3.05, 3.63) is 18.7 Å². The third-order valence-electron chi connectivity index (χ3n) is 1.69. The van der Waals surface area contributed by atoms with Crippen LogP contribution in [-0.2, 0) is 9.53 Å². The highest BCUT2D eigenvalue weighted by molar-refractivity contribution is 6.02. The summed E-state index contributed by atoms with van der Waals surface area (Å²) in [5.41, 5.74) is 4.82. The van der Waals surface area contributed by atoms with Gasteiger partial charge in [-0.3, -0.25) is 9.36 Å². The Hall–Kier alpha value is -1.69. The summed E-state index contributed by atoms with van der Waals surface area (Å²) in [7, 11) is 0. The van der Waals surface area contributed by atoms with Crippen LogP contribution in [0.3, 0.4) is 0 Å². The number of esters is 1. The van der Waals surface area contributed by atoms with E-state index in [2.05, 4.69) is 4.98 Å². The van der Waals surface area contributed by atoms with Gasteiger partial charge in [-0.1, -0.05) is 0 Å². The smallest absolute Gasteiger partial charge is 0.333 e. The molecular formula is C10H15N3O3. The molecule has 1 rings (SSSR count). The minimum atomic E-state index is -1.33. The minimum absolute atomic E-state index is 0.563. The van der Waals surface area contributed by atoms with Gasteiger partial charge in [0, 0.05) is 12.4 Å². The van der Waals surface area contributed by atoms with Gasteiger partial charge in [0.25, 0.3) is 5.91 Å². The molecule has 1 unspecified atom stereocenters. The van der Waals surface area contributed by atoms with Gasteiger partial charge in [0.2, 0.25) is 0 Å². The number of nitrogens with two attached hydrogens (primary N) is 1. The van der Waals surface area contributed by atoms with Crippen LogP contribution >= 0.6 is 0 Å². The van der Waals surface area contributed by atoms with Gasteiger partial charge in [0.05, 0.1) is 0 Å². The van der Waals surface area contributed by atoms with Gasteiger partial charge in [-0.2, -0.15) is 0 Å². The molecule has 16 heavy (non-hydrogen) atoms. The molecule has 0 aromatic carbocycles. The van der Waals surface area contributed by atoms with Gasteiger partial charge >= 0.3 is 5.97 Å². The summed E-state index contributed by atoms with van der Waals surface area (Å²) >= 11 is 0. The Bertz CT molecular complexity index is 379. The van der Waals surface area contributed by atoms with E-state index >= 15 is 0 Å². The van der Waals surface area contributed by atoms with Crippen LogP contribution in [-0.4, -0.2) is 33.1 Å². The molecule has 1 atom stereocenters. The number of hydrogen-bond acceptors (Lipinski definition) is 5. The molecule has 6 heteroatoms. The second kappa shape index (κ2) is 4.44. The van der Waals surface area contributed by atoms with Gasteiger partial charge in [0.1, 0.15) is 11.9 Å².